The molecule has 1 saturated heterocycles. The fraction of sp³-hybridized carbons (Fsp3) is 0.500. The van der Waals surface area contributed by atoms with Crippen LogP contribution in [0, 0.1) is 5.92 Å². The van der Waals surface area contributed by atoms with Crippen LogP contribution in [0.4, 0.5) is 4.79 Å². The molecule has 4 N–H and O–H groups in total. The maximum atomic E-state index is 13.3. The molecule has 1 heterocycles. The van der Waals surface area contributed by atoms with Crippen molar-refractivity contribution in [3.8, 4) is 0 Å². The molecule has 0 bridgehead atoms. The van der Waals surface area contributed by atoms with Crippen LogP contribution < -0.4 is 10.6 Å². The van der Waals surface area contributed by atoms with Gasteiger partial charge in [-0.15, -0.1) is 6.58 Å². The molecule has 0 aromatic heterocycles. The summed E-state index contributed by atoms with van der Waals surface area (Å²) in [5.74, 6) is -1.04. The molecule has 2 rings (SSSR count). The van der Waals surface area contributed by atoms with Crippen LogP contribution in [0.2, 0.25) is 0 Å². The van der Waals surface area contributed by atoms with Crippen molar-refractivity contribution in [1.29, 1.82) is 0 Å². The second-order valence-electron chi connectivity index (χ2n) is 9.39. The Bertz CT molecular complexity index is 913. The van der Waals surface area contributed by atoms with E-state index in [-0.39, 0.29) is 24.9 Å². The first kappa shape index (κ1) is 38.8. The maximum Gasteiger partial charge on any atom is 0.472 e. The standard InChI is InChI=1S/C20H30BN3O6.C4H8.C4H6.C2H6/c1-4-16(17(25)22-13-21(28)29)24-11-10-20(14(2)3,18(24)26)23-19(27)30-12-15-8-6-5-7-9-15;1-4(2)3;1-3-4-2;1-2/h5-9,14,16,28-29H,4,10-13H2,1-3H3,(H,22,25)(H,23,27);1H2,2-3H3;3-4H,1-2H2;1-2H3. The van der Waals surface area contributed by atoms with E-state index in [0.717, 1.165) is 5.56 Å². The number of nitrogens with zero attached hydrogens (tertiary/aromatic N) is 1. The van der Waals surface area contributed by atoms with Crippen LogP contribution in [-0.2, 0) is 20.9 Å². The minimum Gasteiger partial charge on any atom is -0.445 e. The Labute approximate surface area is 241 Å². The molecule has 2 unspecified atom stereocenters. The predicted molar refractivity (Wildman–Crippen MR) is 163 cm³/mol. The van der Waals surface area contributed by atoms with Gasteiger partial charge in [-0.05, 0) is 38.2 Å². The van der Waals surface area contributed by atoms with Gasteiger partial charge in [0.05, 0.1) is 6.44 Å². The van der Waals surface area contributed by atoms with Crippen LogP contribution in [0.5, 0.6) is 0 Å². The minimum absolute atomic E-state index is 0.0855. The fourth-order valence-corrected chi connectivity index (χ4v) is 3.65. The van der Waals surface area contributed by atoms with Crippen LogP contribution >= 0.6 is 0 Å². The summed E-state index contributed by atoms with van der Waals surface area (Å²) in [5.41, 5.74) is 0.831. The summed E-state index contributed by atoms with van der Waals surface area (Å²) in [6.07, 6.45) is 2.96. The molecule has 224 valence electrons. The lowest BCUT2D eigenvalue weighted by molar-refractivity contribution is -0.141. The minimum atomic E-state index is -1.67. The van der Waals surface area contributed by atoms with Crippen molar-refractivity contribution in [2.45, 2.75) is 79.5 Å². The van der Waals surface area contributed by atoms with E-state index in [2.05, 4.69) is 30.4 Å². The molecule has 1 aliphatic rings. The molecular formula is C30H50BN3O6. The first-order chi connectivity index (χ1) is 18.9. The Morgan fingerprint density at radius 1 is 1.15 bits per heavy atom. The Morgan fingerprint density at radius 2 is 1.68 bits per heavy atom. The lowest BCUT2D eigenvalue weighted by atomic mass is 9.85. The molecule has 0 radical (unpaired) electrons. The first-order valence-electron chi connectivity index (χ1n) is 13.6. The fourth-order valence-electron chi connectivity index (χ4n) is 3.65. The van der Waals surface area contributed by atoms with Crippen molar-refractivity contribution in [2.75, 3.05) is 13.0 Å². The zero-order chi connectivity index (χ0) is 31.3. The van der Waals surface area contributed by atoms with E-state index in [4.69, 9.17) is 14.8 Å². The van der Waals surface area contributed by atoms with Gasteiger partial charge in [0.1, 0.15) is 18.2 Å². The van der Waals surface area contributed by atoms with Crippen molar-refractivity contribution in [3.05, 3.63) is 73.4 Å². The number of alkyl carbamates (subject to hydrolysis) is 1. The third-order valence-electron chi connectivity index (χ3n) is 5.60. The number of hydrogen-bond acceptors (Lipinski definition) is 6. The number of carbonyl (C=O) groups excluding carboxylic acids is 3. The van der Waals surface area contributed by atoms with E-state index >= 15 is 0 Å². The van der Waals surface area contributed by atoms with Gasteiger partial charge in [0, 0.05) is 6.54 Å². The van der Waals surface area contributed by atoms with Gasteiger partial charge < -0.3 is 30.3 Å². The third kappa shape index (κ3) is 14.1. The molecule has 0 spiro atoms. The van der Waals surface area contributed by atoms with Gasteiger partial charge >= 0.3 is 13.2 Å². The number of hydrogen-bond donors (Lipinski definition) is 4. The van der Waals surface area contributed by atoms with Gasteiger partial charge in [-0.1, -0.05) is 95.8 Å². The van der Waals surface area contributed by atoms with Gasteiger partial charge in [0.25, 0.3) is 0 Å². The molecule has 1 aromatic carbocycles. The molecule has 3 amide bonds. The average Bonchev–Trinajstić information content (AvgIpc) is 3.24. The van der Waals surface area contributed by atoms with E-state index in [1.54, 1.807) is 19.1 Å². The van der Waals surface area contributed by atoms with E-state index in [1.807, 2.05) is 71.9 Å². The predicted octanol–water partition coefficient (Wildman–Crippen LogP) is 4.41. The Hall–Kier alpha value is -3.37. The van der Waals surface area contributed by atoms with Crippen molar-refractivity contribution in [3.63, 3.8) is 0 Å². The van der Waals surface area contributed by atoms with Gasteiger partial charge in [-0.3, -0.25) is 9.59 Å². The molecular weight excluding hydrogens is 509 g/mol. The number of carbonyl (C=O) groups is 3. The SMILES string of the molecule is C=C(C)C.C=CC=C.CC.CCC(C(=O)NCB(O)O)N1CCC(NC(=O)OCc2ccccc2)(C(C)C)C1=O. The Kier molecular flexibility index (Phi) is 20.8. The summed E-state index contributed by atoms with van der Waals surface area (Å²) in [5, 5.41) is 23.1. The molecule has 1 fully saturated rings. The highest BCUT2D eigenvalue weighted by atomic mass is 16.5. The van der Waals surface area contributed by atoms with Crippen LogP contribution in [0.25, 0.3) is 0 Å². The quantitative estimate of drug-likeness (QED) is 0.191. The molecule has 1 aromatic rings. The van der Waals surface area contributed by atoms with Crippen molar-refractivity contribution in [1.82, 2.24) is 15.5 Å². The topological polar surface area (TPSA) is 128 Å². The Morgan fingerprint density at radius 3 is 2.10 bits per heavy atom. The zero-order valence-electron chi connectivity index (χ0n) is 25.4. The number of nitrogens with one attached hydrogen (secondary N) is 2. The summed E-state index contributed by atoms with van der Waals surface area (Å²) < 4.78 is 5.29. The number of amides is 3. The molecule has 0 saturated carbocycles. The summed E-state index contributed by atoms with van der Waals surface area (Å²) in [6.45, 7) is 24.0. The molecule has 9 nitrogen and oxygen atoms in total. The molecule has 40 heavy (non-hydrogen) atoms. The summed E-state index contributed by atoms with van der Waals surface area (Å²) in [4.78, 5) is 39.6. The van der Waals surface area contributed by atoms with Gasteiger partial charge in [0.2, 0.25) is 11.8 Å². The molecule has 2 atom stereocenters. The largest absolute Gasteiger partial charge is 0.472 e. The second kappa shape index (κ2) is 21.5. The number of likely N-dealkylation sites (tertiary alicyclic amines) is 1. The Balaban J connectivity index is 0. The van der Waals surface area contributed by atoms with E-state index in [1.165, 1.54) is 10.5 Å². The lowest BCUT2D eigenvalue weighted by Crippen LogP contribution is -2.59. The maximum absolute atomic E-state index is 13.3. The molecule has 10 heteroatoms. The molecule has 1 aliphatic heterocycles. The second-order valence-corrected chi connectivity index (χ2v) is 9.39. The summed E-state index contributed by atoms with van der Waals surface area (Å²) in [7, 11) is -1.67. The molecule has 0 aliphatic carbocycles. The summed E-state index contributed by atoms with van der Waals surface area (Å²) in [6, 6.07) is 8.46. The summed E-state index contributed by atoms with van der Waals surface area (Å²) >= 11 is 0. The number of allylic oxidation sites excluding steroid dienone is 3. The smallest absolute Gasteiger partial charge is 0.445 e. The van der Waals surface area contributed by atoms with Crippen molar-refractivity contribution in [2.24, 2.45) is 5.92 Å². The highest BCUT2D eigenvalue weighted by molar-refractivity contribution is 6.41. The van der Waals surface area contributed by atoms with Crippen LogP contribution in [0.15, 0.2) is 67.8 Å². The normalized spacial score (nSPS) is 15.9. The van der Waals surface area contributed by atoms with Crippen LogP contribution in [0.3, 0.4) is 0 Å². The van der Waals surface area contributed by atoms with Gasteiger partial charge in [0.15, 0.2) is 0 Å². The first-order valence-corrected chi connectivity index (χ1v) is 13.6. The number of rotatable bonds is 10. The monoisotopic (exact) mass is 559 g/mol. The van der Waals surface area contributed by atoms with Crippen molar-refractivity contribution >= 4 is 25.0 Å². The van der Waals surface area contributed by atoms with E-state index in [9.17, 15) is 14.4 Å². The number of ether oxygens (including phenoxy) is 1. The average molecular weight is 560 g/mol. The highest BCUT2D eigenvalue weighted by Gasteiger charge is 2.52. The third-order valence-corrected chi connectivity index (χ3v) is 5.60. The van der Waals surface area contributed by atoms with E-state index < -0.39 is 30.7 Å². The zero-order valence-corrected chi connectivity index (χ0v) is 25.4. The highest BCUT2D eigenvalue weighted by Crippen LogP contribution is 2.32. The van der Waals surface area contributed by atoms with Gasteiger partial charge in [-0.2, -0.15) is 0 Å². The van der Waals surface area contributed by atoms with Gasteiger partial charge in [-0.25, -0.2) is 4.79 Å². The number of benzene rings is 1. The lowest BCUT2D eigenvalue weighted by Gasteiger charge is -2.34. The van der Waals surface area contributed by atoms with Crippen LogP contribution in [0.1, 0.15) is 66.9 Å². The van der Waals surface area contributed by atoms with E-state index in [0.29, 0.717) is 19.4 Å². The van der Waals surface area contributed by atoms with Crippen LogP contribution in [-0.4, -0.2) is 64.5 Å². The van der Waals surface area contributed by atoms with Crippen molar-refractivity contribution < 1.29 is 29.2 Å².